The van der Waals surface area contributed by atoms with Gasteiger partial charge in [0.1, 0.15) is 0 Å². The molecule has 0 aliphatic carbocycles. The fraction of sp³-hybridized carbons (Fsp3) is 0.273. The number of amides is 2. The highest BCUT2D eigenvalue weighted by atomic mass is 79.9. The van der Waals surface area contributed by atoms with Crippen LogP contribution in [0.5, 0.6) is 0 Å². The third-order valence-corrected chi connectivity index (χ3v) is 6.50. The molecule has 31 heavy (non-hydrogen) atoms. The van der Waals surface area contributed by atoms with E-state index in [0.29, 0.717) is 23.1 Å². The van der Waals surface area contributed by atoms with Crippen LogP contribution in [0.4, 0.5) is 5.69 Å². The Morgan fingerprint density at radius 1 is 1.10 bits per heavy atom. The lowest BCUT2D eigenvalue weighted by Gasteiger charge is -2.11. The van der Waals surface area contributed by atoms with Crippen LogP contribution < -0.4 is 10.6 Å². The minimum atomic E-state index is -0.194. The van der Waals surface area contributed by atoms with Gasteiger partial charge in [-0.3, -0.25) is 9.59 Å². The van der Waals surface area contributed by atoms with Gasteiger partial charge in [0.25, 0.3) is 5.91 Å². The van der Waals surface area contributed by atoms with E-state index in [-0.39, 0.29) is 24.1 Å². The molecule has 3 rings (SSSR count). The number of nitrogens with zero attached hydrogens (tertiary/aromatic N) is 3. The molecule has 162 valence electrons. The minimum Gasteiger partial charge on any atom is -0.345 e. The van der Waals surface area contributed by atoms with Crippen molar-refractivity contribution in [3.05, 3.63) is 69.5 Å². The number of benzene rings is 2. The van der Waals surface area contributed by atoms with Crippen LogP contribution in [0.1, 0.15) is 34.2 Å². The molecule has 1 heterocycles. The van der Waals surface area contributed by atoms with Gasteiger partial charge in [0.2, 0.25) is 5.91 Å². The van der Waals surface area contributed by atoms with Gasteiger partial charge in [-0.25, -0.2) is 0 Å². The van der Waals surface area contributed by atoms with Gasteiger partial charge in [-0.05, 0) is 66.0 Å². The summed E-state index contributed by atoms with van der Waals surface area (Å²) in [5.74, 6) is 0.558. The Balaban J connectivity index is 1.59. The number of aryl methyl sites for hydroxylation is 1. The van der Waals surface area contributed by atoms with Crippen LogP contribution in [0.3, 0.4) is 0 Å². The van der Waals surface area contributed by atoms with Gasteiger partial charge in [0.15, 0.2) is 11.0 Å². The molecule has 1 aromatic heterocycles. The fourth-order valence-electron chi connectivity index (χ4n) is 2.98. The van der Waals surface area contributed by atoms with Gasteiger partial charge >= 0.3 is 0 Å². The van der Waals surface area contributed by atoms with Crippen molar-refractivity contribution >= 4 is 45.2 Å². The molecule has 0 atom stereocenters. The van der Waals surface area contributed by atoms with Crippen LogP contribution in [0.15, 0.2) is 52.1 Å². The zero-order valence-corrected chi connectivity index (χ0v) is 20.0. The molecule has 0 bridgehead atoms. The summed E-state index contributed by atoms with van der Waals surface area (Å²) in [7, 11) is 0. The van der Waals surface area contributed by atoms with Crippen molar-refractivity contribution in [2.24, 2.45) is 0 Å². The van der Waals surface area contributed by atoms with E-state index >= 15 is 0 Å². The van der Waals surface area contributed by atoms with Crippen molar-refractivity contribution in [2.45, 2.75) is 39.0 Å². The molecule has 0 spiro atoms. The SMILES string of the molecule is CCn1c(CNC(=O)c2ccccc2Br)nnc1SCC(=O)Nc1cccc(C)c1C. The van der Waals surface area contributed by atoms with Crippen LogP contribution in [0.25, 0.3) is 0 Å². The van der Waals surface area contributed by atoms with Gasteiger partial charge in [-0.1, -0.05) is 36.0 Å². The van der Waals surface area contributed by atoms with E-state index in [1.54, 1.807) is 6.07 Å². The third-order valence-electron chi connectivity index (χ3n) is 4.85. The number of hydrogen-bond acceptors (Lipinski definition) is 5. The van der Waals surface area contributed by atoms with Crippen molar-refractivity contribution in [3.8, 4) is 0 Å². The van der Waals surface area contributed by atoms with Gasteiger partial charge in [-0.2, -0.15) is 0 Å². The second-order valence-electron chi connectivity index (χ2n) is 6.89. The monoisotopic (exact) mass is 501 g/mol. The molecule has 0 unspecified atom stereocenters. The summed E-state index contributed by atoms with van der Waals surface area (Å²) in [5.41, 5.74) is 3.56. The summed E-state index contributed by atoms with van der Waals surface area (Å²) >= 11 is 4.71. The normalized spacial score (nSPS) is 10.7. The topological polar surface area (TPSA) is 88.9 Å². The highest BCUT2D eigenvalue weighted by Gasteiger charge is 2.16. The Hall–Kier alpha value is -2.65. The maximum absolute atomic E-state index is 12.4. The lowest BCUT2D eigenvalue weighted by Crippen LogP contribution is -2.25. The Morgan fingerprint density at radius 3 is 2.61 bits per heavy atom. The quantitative estimate of drug-likeness (QED) is 0.448. The molecular formula is C22H24BrN5O2S. The highest BCUT2D eigenvalue weighted by Crippen LogP contribution is 2.21. The summed E-state index contributed by atoms with van der Waals surface area (Å²) in [5, 5.41) is 14.9. The Labute approximate surface area is 194 Å². The molecule has 0 fully saturated rings. The first-order valence-electron chi connectivity index (χ1n) is 9.84. The van der Waals surface area contributed by atoms with E-state index in [0.717, 1.165) is 21.3 Å². The van der Waals surface area contributed by atoms with Crippen molar-refractivity contribution in [1.29, 1.82) is 0 Å². The second-order valence-corrected chi connectivity index (χ2v) is 8.69. The number of carbonyl (C=O) groups is 2. The predicted molar refractivity (Wildman–Crippen MR) is 126 cm³/mol. The van der Waals surface area contributed by atoms with Crippen molar-refractivity contribution in [1.82, 2.24) is 20.1 Å². The average molecular weight is 502 g/mol. The van der Waals surface area contributed by atoms with E-state index in [4.69, 9.17) is 0 Å². The average Bonchev–Trinajstić information content (AvgIpc) is 3.16. The van der Waals surface area contributed by atoms with Crippen molar-refractivity contribution in [3.63, 3.8) is 0 Å². The highest BCUT2D eigenvalue weighted by molar-refractivity contribution is 9.10. The summed E-state index contributed by atoms with van der Waals surface area (Å²) in [6.07, 6.45) is 0. The molecule has 3 aromatic rings. The van der Waals surface area contributed by atoms with Gasteiger partial charge < -0.3 is 15.2 Å². The lowest BCUT2D eigenvalue weighted by molar-refractivity contribution is -0.113. The summed E-state index contributed by atoms with van der Waals surface area (Å²) in [4.78, 5) is 24.8. The first-order valence-corrected chi connectivity index (χ1v) is 11.6. The maximum atomic E-state index is 12.4. The number of nitrogens with one attached hydrogen (secondary N) is 2. The molecule has 0 aliphatic heterocycles. The summed E-state index contributed by atoms with van der Waals surface area (Å²) < 4.78 is 2.63. The number of halogens is 1. The molecule has 0 radical (unpaired) electrons. The molecule has 2 N–H and O–H groups in total. The number of aromatic nitrogens is 3. The number of carbonyl (C=O) groups excluding carboxylic acids is 2. The zero-order chi connectivity index (χ0) is 22.4. The van der Waals surface area contributed by atoms with Crippen LogP contribution in [-0.2, 0) is 17.9 Å². The molecule has 0 aliphatic rings. The molecular weight excluding hydrogens is 478 g/mol. The number of rotatable bonds is 8. The molecule has 2 aromatic carbocycles. The smallest absolute Gasteiger partial charge is 0.252 e. The Bertz CT molecular complexity index is 1100. The number of anilines is 1. The van der Waals surface area contributed by atoms with Crippen molar-refractivity contribution < 1.29 is 9.59 Å². The molecule has 9 heteroatoms. The Kier molecular flexibility index (Phi) is 7.86. The zero-order valence-electron chi connectivity index (χ0n) is 17.6. The van der Waals surface area contributed by atoms with Gasteiger partial charge in [0, 0.05) is 16.7 Å². The van der Waals surface area contributed by atoms with E-state index in [1.807, 2.05) is 61.7 Å². The van der Waals surface area contributed by atoms with E-state index in [9.17, 15) is 9.59 Å². The van der Waals surface area contributed by atoms with Crippen LogP contribution in [0.2, 0.25) is 0 Å². The largest absolute Gasteiger partial charge is 0.345 e. The van der Waals surface area contributed by atoms with Crippen LogP contribution in [0, 0.1) is 13.8 Å². The number of hydrogen-bond donors (Lipinski definition) is 2. The minimum absolute atomic E-state index is 0.104. The molecule has 0 saturated heterocycles. The van der Waals surface area contributed by atoms with Gasteiger partial charge in [-0.15, -0.1) is 10.2 Å². The standard InChI is InChI=1S/C22H24BrN5O2S/c1-4-28-19(12-24-21(30)16-9-5-6-10-17(16)23)26-27-22(28)31-13-20(29)25-18-11-7-8-14(2)15(18)3/h5-11H,4,12-13H2,1-3H3,(H,24,30)(H,25,29). The van der Waals surface area contributed by atoms with E-state index < -0.39 is 0 Å². The first-order chi connectivity index (χ1) is 14.9. The predicted octanol–water partition coefficient (Wildman–Crippen LogP) is 4.34. The maximum Gasteiger partial charge on any atom is 0.252 e. The Morgan fingerprint density at radius 2 is 1.87 bits per heavy atom. The lowest BCUT2D eigenvalue weighted by atomic mass is 10.1. The third kappa shape index (κ3) is 5.74. The first kappa shape index (κ1) is 23.0. The van der Waals surface area contributed by atoms with Gasteiger partial charge in [0.05, 0.1) is 17.9 Å². The van der Waals surface area contributed by atoms with Crippen LogP contribution >= 0.6 is 27.7 Å². The molecule has 7 nitrogen and oxygen atoms in total. The van der Waals surface area contributed by atoms with Crippen LogP contribution in [-0.4, -0.2) is 32.3 Å². The van der Waals surface area contributed by atoms with E-state index in [2.05, 4.69) is 36.8 Å². The molecule has 2 amide bonds. The molecule has 0 saturated carbocycles. The van der Waals surface area contributed by atoms with Crippen molar-refractivity contribution in [2.75, 3.05) is 11.1 Å². The fourth-order valence-corrected chi connectivity index (χ4v) is 4.26. The summed E-state index contributed by atoms with van der Waals surface area (Å²) in [6.45, 7) is 6.85. The second kappa shape index (κ2) is 10.6. The van der Waals surface area contributed by atoms with E-state index in [1.165, 1.54) is 11.8 Å². The number of thioether (sulfide) groups is 1. The summed E-state index contributed by atoms with van der Waals surface area (Å²) in [6, 6.07) is 13.1.